The number of carbonyl (C=O) groups excluding carboxylic acids is 1. The van der Waals surface area contributed by atoms with Gasteiger partial charge in [-0.1, -0.05) is 43.5 Å². The van der Waals surface area contributed by atoms with Gasteiger partial charge in [-0.2, -0.15) is 0 Å². The summed E-state index contributed by atoms with van der Waals surface area (Å²) in [7, 11) is 0. The van der Waals surface area contributed by atoms with E-state index in [9.17, 15) is 4.79 Å². The maximum Gasteiger partial charge on any atom is 0.185 e. The number of imidazole rings is 1. The van der Waals surface area contributed by atoms with Crippen molar-refractivity contribution >= 4 is 6.29 Å². The van der Waals surface area contributed by atoms with Gasteiger partial charge in [0.2, 0.25) is 0 Å². The Balaban J connectivity index is 1.71. The van der Waals surface area contributed by atoms with Gasteiger partial charge in [0.25, 0.3) is 0 Å². The van der Waals surface area contributed by atoms with Crippen molar-refractivity contribution in [3.63, 3.8) is 0 Å². The van der Waals surface area contributed by atoms with Crippen LogP contribution in [0.1, 0.15) is 59.8 Å². The van der Waals surface area contributed by atoms with Crippen molar-refractivity contribution in [3.8, 4) is 0 Å². The molecule has 3 nitrogen and oxygen atoms in total. The van der Waals surface area contributed by atoms with Crippen molar-refractivity contribution in [2.24, 2.45) is 0 Å². The van der Waals surface area contributed by atoms with E-state index in [1.54, 1.807) is 10.8 Å². The fourth-order valence-corrected chi connectivity index (χ4v) is 3.03. The lowest BCUT2D eigenvalue weighted by molar-refractivity contribution is 0.111. The van der Waals surface area contributed by atoms with E-state index in [1.807, 2.05) is 0 Å². The van der Waals surface area contributed by atoms with Crippen molar-refractivity contribution < 1.29 is 4.79 Å². The third-order valence-corrected chi connectivity index (χ3v) is 4.19. The summed E-state index contributed by atoms with van der Waals surface area (Å²) in [5.41, 5.74) is 2.64. The summed E-state index contributed by atoms with van der Waals surface area (Å²) in [5.74, 6) is 1.17. The van der Waals surface area contributed by atoms with Gasteiger partial charge in [0.05, 0.1) is 12.4 Å². The maximum atomic E-state index is 10.8. The fraction of sp³-hybridized carbons (Fsp3) is 0.412. The molecule has 0 saturated heterocycles. The second-order valence-corrected chi connectivity index (χ2v) is 5.53. The van der Waals surface area contributed by atoms with Crippen molar-refractivity contribution in [2.45, 2.75) is 44.6 Å². The van der Waals surface area contributed by atoms with Crippen LogP contribution in [-0.4, -0.2) is 15.8 Å². The zero-order valence-electron chi connectivity index (χ0n) is 11.6. The second kappa shape index (κ2) is 6.04. The molecule has 1 aromatic carbocycles. The van der Waals surface area contributed by atoms with Gasteiger partial charge in [-0.05, 0) is 29.9 Å². The molecule has 3 heteroatoms. The normalized spacial score (nSPS) is 16.2. The Bertz CT molecular complexity index is 565. The van der Waals surface area contributed by atoms with E-state index < -0.39 is 0 Å². The Morgan fingerprint density at radius 1 is 1.20 bits per heavy atom. The van der Waals surface area contributed by atoms with Gasteiger partial charge in [0.15, 0.2) is 12.1 Å². The molecule has 1 aliphatic carbocycles. The van der Waals surface area contributed by atoms with Gasteiger partial charge in [-0.3, -0.25) is 4.79 Å². The number of nitrogens with zero attached hydrogens (tertiary/aromatic N) is 2. The molecule has 0 amide bonds. The number of rotatable bonds is 4. The number of benzene rings is 1. The van der Waals surface area contributed by atoms with Crippen LogP contribution in [0.25, 0.3) is 0 Å². The minimum absolute atomic E-state index is 0.432. The average Bonchev–Trinajstić information content (AvgIpc) is 2.96. The summed E-state index contributed by atoms with van der Waals surface area (Å²) >= 11 is 0. The monoisotopic (exact) mass is 267 g/mol. The van der Waals surface area contributed by atoms with Crippen LogP contribution in [-0.2, 0) is 6.54 Å². The summed E-state index contributed by atoms with van der Waals surface area (Å²) in [5, 5.41) is 0. The lowest BCUT2D eigenvalue weighted by Crippen LogP contribution is -2.06. The van der Waals surface area contributed by atoms with E-state index in [0.717, 1.165) is 12.2 Å². The lowest BCUT2D eigenvalue weighted by atomic mass is 9.84. The Morgan fingerprint density at radius 2 is 1.95 bits per heavy atom. The van der Waals surface area contributed by atoms with Crippen LogP contribution in [0.5, 0.6) is 0 Å². The number of carbonyl (C=O) groups is 1. The molecule has 0 atom stereocenters. The summed E-state index contributed by atoms with van der Waals surface area (Å²) in [6, 6.07) is 8.80. The molecule has 0 bridgehead atoms. The molecule has 1 radical (unpaired) electrons. The third-order valence-electron chi connectivity index (χ3n) is 4.19. The van der Waals surface area contributed by atoms with Crippen LogP contribution >= 0.6 is 0 Å². The molecule has 3 rings (SSSR count). The predicted molar refractivity (Wildman–Crippen MR) is 77.8 cm³/mol. The Hall–Kier alpha value is -1.90. The predicted octanol–water partition coefficient (Wildman–Crippen LogP) is 3.59. The highest BCUT2D eigenvalue weighted by molar-refractivity contribution is 5.69. The smallest absolute Gasteiger partial charge is 0.185 e. The molecule has 1 aromatic heterocycles. The Labute approximate surface area is 119 Å². The van der Waals surface area contributed by atoms with E-state index in [4.69, 9.17) is 0 Å². The Morgan fingerprint density at radius 3 is 2.65 bits per heavy atom. The fourth-order valence-electron chi connectivity index (χ4n) is 3.03. The van der Waals surface area contributed by atoms with Crippen molar-refractivity contribution in [1.82, 2.24) is 9.55 Å². The van der Waals surface area contributed by atoms with Crippen molar-refractivity contribution in [3.05, 3.63) is 53.6 Å². The van der Waals surface area contributed by atoms with Crippen LogP contribution in [0.3, 0.4) is 0 Å². The quantitative estimate of drug-likeness (QED) is 0.793. The first-order valence-electron chi connectivity index (χ1n) is 7.34. The van der Waals surface area contributed by atoms with Crippen LogP contribution in [0.4, 0.5) is 0 Å². The third kappa shape index (κ3) is 2.82. The molecule has 0 N–H and O–H groups in total. The van der Waals surface area contributed by atoms with Gasteiger partial charge in [-0.15, -0.1) is 0 Å². The number of hydrogen-bond donors (Lipinski definition) is 0. The highest BCUT2D eigenvalue weighted by atomic mass is 16.1. The first kappa shape index (κ1) is 13.1. The van der Waals surface area contributed by atoms with Gasteiger partial charge < -0.3 is 4.57 Å². The number of aldehydes is 1. The van der Waals surface area contributed by atoms with E-state index in [0.29, 0.717) is 12.4 Å². The molecule has 20 heavy (non-hydrogen) atoms. The van der Waals surface area contributed by atoms with Crippen LogP contribution in [0.2, 0.25) is 0 Å². The van der Waals surface area contributed by atoms with E-state index in [1.165, 1.54) is 43.2 Å². The molecule has 0 spiro atoms. The molecule has 0 aliphatic heterocycles. The van der Waals surface area contributed by atoms with Gasteiger partial charge in [0, 0.05) is 6.54 Å². The largest absolute Gasteiger partial charge is 0.316 e. The summed E-state index contributed by atoms with van der Waals surface area (Å²) in [4.78, 5) is 14.8. The SMILES string of the molecule is O=Cc1nc[c]n1Cc1ccc(C2CCCCC2)cc1. The lowest BCUT2D eigenvalue weighted by Gasteiger charge is -2.22. The maximum absolute atomic E-state index is 10.8. The molecule has 1 saturated carbocycles. The molecule has 1 fully saturated rings. The van der Waals surface area contributed by atoms with Gasteiger partial charge >= 0.3 is 0 Å². The molecule has 1 heterocycles. The molecule has 1 aliphatic rings. The number of aromatic nitrogens is 2. The minimum Gasteiger partial charge on any atom is -0.316 e. The van der Waals surface area contributed by atoms with Gasteiger partial charge in [0.1, 0.15) is 0 Å². The molecular formula is C17H19N2O. The summed E-state index contributed by atoms with van der Waals surface area (Å²) in [6.45, 7) is 0.652. The van der Waals surface area contributed by atoms with E-state index >= 15 is 0 Å². The highest BCUT2D eigenvalue weighted by Crippen LogP contribution is 2.32. The molecular weight excluding hydrogens is 248 g/mol. The Kier molecular flexibility index (Phi) is 3.95. The van der Waals surface area contributed by atoms with Crippen LogP contribution in [0, 0.1) is 6.20 Å². The zero-order valence-corrected chi connectivity index (χ0v) is 11.6. The standard InChI is InChI=1S/C17H19N2O/c20-13-17-18-10-11-19(17)12-14-6-8-16(9-7-14)15-4-2-1-3-5-15/h6-10,13,15H,1-5,12H2. The molecule has 0 unspecified atom stereocenters. The second-order valence-electron chi connectivity index (χ2n) is 5.53. The number of hydrogen-bond acceptors (Lipinski definition) is 2. The van der Waals surface area contributed by atoms with Crippen LogP contribution < -0.4 is 0 Å². The van der Waals surface area contributed by atoms with E-state index in [2.05, 4.69) is 35.4 Å². The van der Waals surface area contributed by atoms with Crippen LogP contribution in [0.15, 0.2) is 30.5 Å². The highest BCUT2D eigenvalue weighted by Gasteiger charge is 2.15. The molecule has 2 aromatic rings. The summed E-state index contributed by atoms with van der Waals surface area (Å²) < 4.78 is 1.75. The zero-order chi connectivity index (χ0) is 13.8. The average molecular weight is 267 g/mol. The van der Waals surface area contributed by atoms with Crippen molar-refractivity contribution in [1.29, 1.82) is 0 Å². The van der Waals surface area contributed by atoms with Crippen molar-refractivity contribution in [2.75, 3.05) is 0 Å². The van der Waals surface area contributed by atoms with Gasteiger partial charge in [-0.25, -0.2) is 4.98 Å². The first-order chi connectivity index (χ1) is 9.86. The topological polar surface area (TPSA) is 34.9 Å². The minimum atomic E-state index is 0.432. The molecule has 103 valence electrons. The summed E-state index contributed by atoms with van der Waals surface area (Å²) in [6.07, 6.45) is 12.0. The van der Waals surface area contributed by atoms with E-state index in [-0.39, 0.29) is 0 Å². The first-order valence-corrected chi connectivity index (χ1v) is 7.34.